The maximum absolute atomic E-state index is 6.34. The lowest BCUT2D eigenvalue weighted by molar-refractivity contribution is 0.257. The van der Waals surface area contributed by atoms with Crippen molar-refractivity contribution in [2.45, 2.75) is 46.5 Å². The van der Waals surface area contributed by atoms with E-state index in [1.54, 1.807) is 0 Å². The van der Waals surface area contributed by atoms with Gasteiger partial charge in [-0.25, -0.2) is 0 Å². The number of benzene rings is 3. The van der Waals surface area contributed by atoms with Crippen molar-refractivity contribution in [1.82, 2.24) is 9.13 Å². The number of nitrogens with zero attached hydrogens (tertiary/aromatic N) is 2. The van der Waals surface area contributed by atoms with E-state index >= 15 is 0 Å². The average Bonchev–Trinajstić information content (AvgIpc) is 3.48. The van der Waals surface area contributed by atoms with Gasteiger partial charge in [-0.05, 0) is 112 Å². The summed E-state index contributed by atoms with van der Waals surface area (Å²) in [5, 5.41) is 2.54. The molecule has 1 aliphatic carbocycles. The molecule has 47 heavy (non-hydrogen) atoms. The van der Waals surface area contributed by atoms with Crippen LogP contribution in [-0.4, -0.2) is 15.7 Å². The van der Waals surface area contributed by atoms with Crippen LogP contribution in [0.25, 0.3) is 45.3 Å². The van der Waals surface area contributed by atoms with Gasteiger partial charge in [0.2, 0.25) is 0 Å². The lowest BCUT2D eigenvalue weighted by Crippen LogP contribution is -2.02. The second-order valence-electron chi connectivity index (χ2n) is 12.5. The fraction of sp³-hybridized carbons (Fsp3) is 0.182. The number of hydrogen-bond donors (Lipinski definition) is 0. The van der Waals surface area contributed by atoms with Crippen molar-refractivity contribution in [2.75, 3.05) is 6.61 Å². The van der Waals surface area contributed by atoms with Crippen LogP contribution in [0.1, 0.15) is 55.6 Å². The fourth-order valence-electron chi connectivity index (χ4n) is 7.15. The Labute approximate surface area is 278 Å². The Morgan fingerprint density at radius 1 is 0.830 bits per heavy atom. The van der Waals surface area contributed by atoms with Gasteiger partial charge in [0.25, 0.3) is 0 Å². The van der Waals surface area contributed by atoms with Gasteiger partial charge in [0.1, 0.15) is 12.4 Å². The highest BCUT2D eigenvalue weighted by Gasteiger charge is 2.21. The van der Waals surface area contributed by atoms with E-state index in [1.165, 1.54) is 61.2 Å². The van der Waals surface area contributed by atoms with Crippen LogP contribution >= 0.6 is 0 Å². The SMILES string of the molecule is C=C(C=CC1=C(C)CC=C(n2c3ccccc3c3ccccc32)C=CCO1)C1=Cc2c(C=CC)c(C)n(-c3ccccc3)c2CCC1. The summed E-state index contributed by atoms with van der Waals surface area (Å²) >= 11 is 0. The van der Waals surface area contributed by atoms with Crippen LogP contribution in [0.15, 0.2) is 144 Å². The fourth-order valence-corrected chi connectivity index (χ4v) is 7.15. The Morgan fingerprint density at radius 2 is 1.53 bits per heavy atom. The molecule has 0 amide bonds. The highest BCUT2D eigenvalue weighted by molar-refractivity contribution is 6.10. The Balaban J connectivity index is 1.19. The number of rotatable bonds is 6. The molecule has 3 nitrogen and oxygen atoms in total. The highest BCUT2D eigenvalue weighted by Crippen LogP contribution is 2.36. The number of ether oxygens (including phenoxy) is 1. The van der Waals surface area contributed by atoms with Crippen LogP contribution < -0.4 is 0 Å². The summed E-state index contributed by atoms with van der Waals surface area (Å²) < 4.78 is 11.2. The molecule has 0 unspecified atom stereocenters. The molecule has 0 spiro atoms. The van der Waals surface area contributed by atoms with Crippen molar-refractivity contribution in [3.63, 3.8) is 0 Å². The monoisotopic (exact) mass is 614 g/mol. The second-order valence-corrected chi connectivity index (χ2v) is 12.5. The zero-order valence-electron chi connectivity index (χ0n) is 27.7. The van der Waals surface area contributed by atoms with Gasteiger partial charge in [0, 0.05) is 44.7 Å². The van der Waals surface area contributed by atoms with Gasteiger partial charge in [-0.1, -0.05) is 85.5 Å². The van der Waals surface area contributed by atoms with E-state index < -0.39 is 0 Å². The highest BCUT2D eigenvalue weighted by atomic mass is 16.5. The summed E-state index contributed by atoms with van der Waals surface area (Å²) in [6.07, 6.45) is 21.6. The topological polar surface area (TPSA) is 19.1 Å². The molecule has 1 aliphatic heterocycles. The van der Waals surface area contributed by atoms with Crippen molar-refractivity contribution in [2.24, 2.45) is 0 Å². The molecule has 0 saturated heterocycles. The molecule has 5 aromatic rings. The molecule has 3 heterocycles. The zero-order valence-corrected chi connectivity index (χ0v) is 27.7. The molecule has 0 N–H and O–H groups in total. The molecule has 234 valence electrons. The van der Waals surface area contributed by atoms with Crippen molar-refractivity contribution in [3.05, 3.63) is 167 Å². The number of hydrogen-bond acceptors (Lipinski definition) is 1. The third-order valence-electron chi connectivity index (χ3n) is 9.47. The van der Waals surface area contributed by atoms with E-state index in [0.29, 0.717) is 6.61 Å². The van der Waals surface area contributed by atoms with Gasteiger partial charge < -0.3 is 13.9 Å². The lowest BCUT2D eigenvalue weighted by Gasteiger charge is -2.12. The molecule has 3 aromatic carbocycles. The quantitative estimate of drug-likeness (QED) is 0.174. The van der Waals surface area contributed by atoms with Gasteiger partial charge in [-0.3, -0.25) is 0 Å². The minimum atomic E-state index is 0.503. The molecule has 7 rings (SSSR count). The van der Waals surface area contributed by atoms with Crippen molar-refractivity contribution >= 4 is 39.7 Å². The van der Waals surface area contributed by atoms with Gasteiger partial charge in [-0.15, -0.1) is 0 Å². The van der Waals surface area contributed by atoms with E-state index in [2.05, 4.69) is 164 Å². The summed E-state index contributed by atoms with van der Waals surface area (Å²) in [5.74, 6) is 0.908. The molecule has 3 heteroatoms. The number of fused-ring (bicyclic) bond motifs is 4. The van der Waals surface area contributed by atoms with E-state index in [4.69, 9.17) is 4.74 Å². The van der Waals surface area contributed by atoms with Gasteiger partial charge in [0.05, 0.1) is 11.0 Å². The third-order valence-corrected chi connectivity index (χ3v) is 9.47. The molecule has 2 aliphatic rings. The van der Waals surface area contributed by atoms with E-state index in [9.17, 15) is 0 Å². The standard InChI is InChI=1S/C44H42N2O/c1-5-15-37-33(4)45(35-17-7-6-8-18-35)43-24-13-16-34(30-40(37)43)31(2)26-28-44-32(3)25-27-36(19-14-29-47-44)46-41-22-11-9-20-38(41)39-21-10-12-23-42(39)46/h5-12,14-15,17-23,26-28,30H,2,13,16,24-25,29H2,1,3-4H3. The summed E-state index contributed by atoms with van der Waals surface area (Å²) in [6, 6.07) is 28.0. The van der Waals surface area contributed by atoms with Gasteiger partial charge in [-0.2, -0.15) is 0 Å². The van der Waals surface area contributed by atoms with E-state index in [1.807, 2.05) is 0 Å². The van der Waals surface area contributed by atoms with Crippen LogP contribution in [0.4, 0.5) is 0 Å². The Kier molecular flexibility index (Phi) is 8.54. The van der Waals surface area contributed by atoms with E-state index in [0.717, 1.165) is 42.7 Å². The van der Waals surface area contributed by atoms with Gasteiger partial charge in [0.15, 0.2) is 0 Å². The zero-order chi connectivity index (χ0) is 32.3. The molecule has 0 fully saturated rings. The largest absolute Gasteiger partial charge is 0.490 e. The molecular weight excluding hydrogens is 572 g/mol. The maximum atomic E-state index is 6.34. The first-order valence-corrected chi connectivity index (χ1v) is 16.7. The molecular formula is C44H42N2O. The van der Waals surface area contributed by atoms with E-state index in [-0.39, 0.29) is 0 Å². The van der Waals surface area contributed by atoms with Crippen molar-refractivity contribution in [1.29, 1.82) is 0 Å². The van der Waals surface area contributed by atoms with Gasteiger partial charge >= 0.3 is 0 Å². The Hall–Kier alpha value is -5.28. The smallest absolute Gasteiger partial charge is 0.119 e. The summed E-state index contributed by atoms with van der Waals surface area (Å²) in [5.41, 5.74) is 13.6. The van der Waals surface area contributed by atoms with Crippen LogP contribution in [0.5, 0.6) is 0 Å². The second kappa shape index (κ2) is 13.2. The van der Waals surface area contributed by atoms with Crippen molar-refractivity contribution < 1.29 is 4.74 Å². The molecule has 0 atom stereocenters. The predicted octanol–water partition coefficient (Wildman–Crippen LogP) is 11.6. The predicted molar refractivity (Wildman–Crippen MR) is 201 cm³/mol. The minimum absolute atomic E-state index is 0.503. The summed E-state index contributed by atoms with van der Waals surface area (Å²) in [7, 11) is 0. The summed E-state index contributed by atoms with van der Waals surface area (Å²) in [6.45, 7) is 11.5. The Morgan fingerprint density at radius 3 is 2.26 bits per heavy atom. The first-order valence-electron chi connectivity index (χ1n) is 16.7. The molecule has 0 radical (unpaired) electrons. The summed E-state index contributed by atoms with van der Waals surface area (Å²) in [4.78, 5) is 0. The van der Waals surface area contributed by atoms with Crippen LogP contribution in [0, 0.1) is 6.92 Å². The van der Waals surface area contributed by atoms with Crippen LogP contribution in [0.2, 0.25) is 0 Å². The van der Waals surface area contributed by atoms with Crippen molar-refractivity contribution in [3.8, 4) is 5.69 Å². The molecule has 0 saturated carbocycles. The van der Waals surface area contributed by atoms with Crippen LogP contribution in [-0.2, 0) is 11.2 Å². The normalized spacial score (nSPS) is 15.7. The number of aromatic nitrogens is 2. The number of para-hydroxylation sites is 3. The van der Waals surface area contributed by atoms with Crippen LogP contribution in [0.3, 0.4) is 0 Å². The average molecular weight is 615 g/mol. The lowest BCUT2D eigenvalue weighted by atomic mass is 9.99. The third kappa shape index (κ3) is 5.79. The molecule has 0 bridgehead atoms. The Bertz CT molecular complexity index is 2120. The first kappa shape index (κ1) is 30.4. The minimum Gasteiger partial charge on any atom is -0.490 e. The number of allylic oxidation sites excluding steroid dienone is 9. The maximum Gasteiger partial charge on any atom is 0.119 e. The molecule has 2 aromatic heterocycles. The first-order chi connectivity index (χ1) is 23.0.